The van der Waals surface area contributed by atoms with Crippen LogP contribution in [-0.4, -0.2) is 32.8 Å². The van der Waals surface area contributed by atoms with Gasteiger partial charge in [0.25, 0.3) is 0 Å². The topological polar surface area (TPSA) is 48.3 Å². The smallest absolute Gasteiger partial charge is 0.142 e. The van der Waals surface area contributed by atoms with E-state index in [1.165, 1.54) is 0 Å². The van der Waals surface area contributed by atoms with E-state index in [2.05, 4.69) is 23.2 Å². The first-order valence-corrected chi connectivity index (χ1v) is 7.06. The number of nitrogens with one attached hydrogen (secondary N) is 1. The Labute approximate surface area is 122 Å². The molecule has 0 bridgehead atoms. The molecule has 110 valence electrons. The van der Waals surface area contributed by atoms with Crippen LogP contribution in [0.5, 0.6) is 5.75 Å². The highest BCUT2D eigenvalue weighted by Crippen LogP contribution is 2.27. The molecule has 0 radical (unpaired) electrons. The van der Waals surface area contributed by atoms with Crippen LogP contribution < -0.4 is 15.0 Å². The summed E-state index contributed by atoms with van der Waals surface area (Å²) in [5.41, 5.74) is 0.567. The van der Waals surface area contributed by atoms with Gasteiger partial charge in [0, 0.05) is 13.6 Å². The number of rotatable bonds is 8. The fourth-order valence-corrected chi connectivity index (χ4v) is 2.04. The van der Waals surface area contributed by atoms with Crippen LogP contribution in [0.4, 0.5) is 5.69 Å². The van der Waals surface area contributed by atoms with Gasteiger partial charge in [0.05, 0.1) is 18.9 Å². The quantitative estimate of drug-likeness (QED) is 0.792. The fourth-order valence-electron chi connectivity index (χ4n) is 2.04. The van der Waals surface area contributed by atoms with Crippen molar-refractivity contribution in [3.05, 3.63) is 24.3 Å². The van der Waals surface area contributed by atoms with Crippen molar-refractivity contribution < 1.29 is 4.74 Å². The summed E-state index contributed by atoms with van der Waals surface area (Å²) < 4.78 is 5.37. The zero-order valence-corrected chi connectivity index (χ0v) is 12.9. The van der Waals surface area contributed by atoms with Gasteiger partial charge in [0.2, 0.25) is 0 Å². The molecule has 1 aromatic rings. The summed E-state index contributed by atoms with van der Waals surface area (Å²) in [5.74, 6) is 0.857. The summed E-state index contributed by atoms with van der Waals surface area (Å²) >= 11 is 0. The van der Waals surface area contributed by atoms with Crippen molar-refractivity contribution in [1.29, 1.82) is 5.26 Å². The first-order valence-electron chi connectivity index (χ1n) is 7.06. The van der Waals surface area contributed by atoms with E-state index in [1.807, 2.05) is 38.2 Å². The average molecular weight is 275 g/mol. The molecule has 0 heterocycles. The van der Waals surface area contributed by atoms with E-state index < -0.39 is 5.54 Å². The number of hydrogen-bond donors (Lipinski definition) is 1. The van der Waals surface area contributed by atoms with Crippen LogP contribution in [0.15, 0.2) is 24.3 Å². The molecule has 4 nitrogen and oxygen atoms in total. The summed E-state index contributed by atoms with van der Waals surface area (Å²) in [6, 6.07) is 10.3. The van der Waals surface area contributed by atoms with Crippen molar-refractivity contribution in [2.75, 3.05) is 32.1 Å². The Morgan fingerprint density at radius 2 is 2.10 bits per heavy atom. The Balaban J connectivity index is 2.66. The summed E-state index contributed by atoms with van der Waals surface area (Å²) in [5, 5.41) is 12.7. The molecule has 20 heavy (non-hydrogen) atoms. The van der Waals surface area contributed by atoms with Gasteiger partial charge in [0.1, 0.15) is 11.3 Å². The van der Waals surface area contributed by atoms with E-state index in [9.17, 15) is 5.26 Å². The Morgan fingerprint density at radius 1 is 1.40 bits per heavy atom. The first-order chi connectivity index (χ1) is 9.56. The lowest BCUT2D eigenvalue weighted by Crippen LogP contribution is -2.43. The Morgan fingerprint density at radius 3 is 2.70 bits per heavy atom. The molecule has 0 aliphatic carbocycles. The first kappa shape index (κ1) is 16.3. The van der Waals surface area contributed by atoms with Crippen molar-refractivity contribution in [1.82, 2.24) is 5.32 Å². The molecule has 1 atom stereocenters. The molecule has 0 aromatic heterocycles. The minimum Gasteiger partial charge on any atom is -0.495 e. The molecular formula is C16H25N3O. The van der Waals surface area contributed by atoms with Crippen molar-refractivity contribution in [2.24, 2.45) is 0 Å². The number of methoxy groups -OCH3 is 1. The van der Waals surface area contributed by atoms with Crippen LogP contribution in [0.3, 0.4) is 0 Å². The van der Waals surface area contributed by atoms with E-state index in [-0.39, 0.29) is 0 Å². The third-order valence-corrected chi connectivity index (χ3v) is 3.46. The summed E-state index contributed by atoms with van der Waals surface area (Å²) in [6.45, 7) is 5.72. The number of hydrogen-bond acceptors (Lipinski definition) is 4. The van der Waals surface area contributed by atoms with Gasteiger partial charge in [-0.1, -0.05) is 19.1 Å². The standard InChI is InChI=1S/C16H25N3O/c1-5-11-18-16(2,13-17)10-12-19(3)14-8-6-7-9-15(14)20-4/h6-9,18H,5,10-12H2,1-4H3. The number of ether oxygens (including phenoxy) is 1. The SMILES string of the molecule is CCCNC(C)(C#N)CCN(C)c1ccccc1OC. The van der Waals surface area contributed by atoms with Gasteiger partial charge in [0.15, 0.2) is 0 Å². The predicted octanol–water partition coefficient (Wildman–Crippen LogP) is 2.80. The van der Waals surface area contributed by atoms with E-state index in [0.717, 1.165) is 37.4 Å². The molecule has 0 aliphatic rings. The third-order valence-electron chi connectivity index (χ3n) is 3.46. The van der Waals surface area contributed by atoms with Crippen molar-refractivity contribution >= 4 is 5.69 Å². The second kappa shape index (κ2) is 7.76. The molecule has 1 N–H and O–H groups in total. The van der Waals surface area contributed by atoms with Crippen LogP contribution in [-0.2, 0) is 0 Å². The van der Waals surface area contributed by atoms with Crippen molar-refractivity contribution in [3.63, 3.8) is 0 Å². The van der Waals surface area contributed by atoms with Crippen molar-refractivity contribution in [2.45, 2.75) is 32.2 Å². The monoisotopic (exact) mass is 275 g/mol. The maximum atomic E-state index is 9.34. The predicted molar refractivity (Wildman–Crippen MR) is 83.2 cm³/mol. The maximum Gasteiger partial charge on any atom is 0.142 e. The molecule has 0 fully saturated rings. The summed E-state index contributed by atoms with van der Waals surface area (Å²) in [4.78, 5) is 2.13. The molecule has 1 rings (SSSR count). The number of para-hydroxylation sites is 2. The normalized spacial score (nSPS) is 13.3. The molecule has 1 aromatic carbocycles. The molecule has 0 saturated heterocycles. The van der Waals surface area contributed by atoms with Gasteiger partial charge in [-0.2, -0.15) is 5.26 Å². The number of nitrogens with zero attached hydrogens (tertiary/aromatic N) is 2. The largest absolute Gasteiger partial charge is 0.495 e. The van der Waals surface area contributed by atoms with Gasteiger partial charge >= 0.3 is 0 Å². The van der Waals surface area contributed by atoms with Crippen LogP contribution in [0, 0.1) is 11.3 Å². The number of benzene rings is 1. The van der Waals surface area contributed by atoms with E-state index in [0.29, 0.717) is 0 Å². The Kier molecular flexibility index (Phi) is 6.33. The molecule has 0 amide bonds. The van der Waals surface area contributed by atoms with Crippen LogP contribution in [0.2, 0.25) is 0 Å². The number of anilines is 1. The van der Waals surface area contributed by atoms with Gasteiger partial charge in [-0.05, 0) is 38.4 Å². The molecular weight excluding hydrogens is 250 g/mol. The Bertz CT molecular complexity index is 455. The van der Waals surface area contributed by atoms with E-state index in [1.54, 1.807) is 7.11 Å². The van der Waals surface area contributed by atoms with Gasteiger partial charge in [-0.15, -0.1) is 0 Å². The van der Waals surface area contributed by atoms with Crippen LogP contribution in [0.25, 0.3) is 0 Å². The molecule has 0 spiro atoms. The second-order valence-electron chi connectivity index (χ2n) is 5.21. The summed E-state index contributed by atoms with van der Waals surface area (Å²) in [6.07, 6.45) is 1.79. The highest BCUT2D eigenvalue weighted by atomic mass is 16.5. The highest BCUT2D eigenvalue weighted by molar-refractivity contribution is 5.57. The zero-order valence-electron chi connectivity index (χ0n) is 12.9. The van der Waals surface area contributed by atoms with Crippen molar-refractivity contribution in [3.8, 4) is 11.8 Å². The molecule has 1 unspecified atom stereocenters. The second-order valence-corrected chi connectivity index (χ2v) is 5.21. The van der Waals surface area contributed by atoms with Gasteiger partial charge in [-0.3, -0.25) is 5.32 Å². The highest BCUT2D eigenvalue weighted by Gasteiger charge is 2.23. The lowest BCUT2D eigenvalue weighted by Gasteiger charge is -2.28. The summed E-state index contributed by atoms with van der Waals surface area (Å²) in [7, 11) is 3.70. The lowest BCUT2D eigenvalue weighted by atomic mass is 9.99. The third kappa shape index (κ3) is 4.43. The van der Waals surface area contributed by atoms with Gasteiger partial charge < -0.3 is 9.64 Å². The molecule has 4 heteroatoms. The average Bonchev–Trinajstić information content (AvgIpc) is 2.50. The zero-order chi connectivity index (χ0) is 15.0. The van der Waals surface area contributed by atoms with E-state index >= 15 is 0 Å². The van der Waals surface area contributed by atoms with Crippen LogP contribution in [0.1, 0.15) is 26.7 Å². The number of nitriles is 1. The lowest BCUT2D eigenvalue weighted by molar-refractivity contribution is 0.408. The molecule has 0 aliphatic heterocycles. The van der Waals surface area contributed by atoms with Crippen LogP contribution >= 0.6 is 0 Å². The minimum atomic E-state index is -0.480. The van der Waals surface area contributed by atoms with Gasteiger partial charge in [-0.25, -0.2) is 0 Å². The minimum absolute atomic E-state index is 0.480. The molecule has 0 saturated carbocycles. The van der Waals surface area contributed by atoms with E-state index in [4.69, 9.17) is 4.74 Å². The Hall–Kier alpha value is -1.73. The maximum absolute atomic E-state index is 9.34. The fraction of sp³-hybridized carbons (Fsp3) is 0.562.